The predicted octanol–water partition coefficient (Wildman–Crippen LogP) is 4.12. The standard InChI is InChI=1S/C21H18F3N3O3S/c1-2-8-27-19(29)16-7-6-14(10-17(16)26-20(27)31)18(28)25-11-13-4-3-5-15(9-13)30-12-21(22,23)24/h2-7,9-10H,1,8,11-12H2,(H,25,28)(H,26,31). The Labute approximate surface area is 180 Å². The smallest absolute Gasteiger partial charge is 0.422 e. The number of ether oxygens (including phenoxy) is 1. The largest absolute Gasteiger partial charge is 0.484 e. The molecule has 1 amide bonds. The van der Waals surface area contributed by atoms with Crippen LogP contribution in [0.25, 0.3) is 10.9 Å². The Morgan fingerprint density at radius 1 is 1.26 bits per heavy atom. The molecule has 0 saturated carbocycles. The van der Waals surface area contributed by atoms with E-state index in [0.717, 1.165) is 0 Å². The average molecular weight is 449 g/mol. The Morgan fingerprint density at radius 2 is 2.03 bits per heavy atom. The summed E-state index contributed by atoms with van der Waals surface area (Å²) >= 11 is 5.19. The van der Waals surface area contributed by atoms with Crippen molar-refractivity contribution < 1.29 is 22.7 Å². The maximum Gasteiger partial charge on any atom is 0.422 e. The third-order valence-electron chi connectivity index (χ3n) is 4.31. The zero-order valence-electron chi connectivity index (χ0n) is 16.2. The minimum absolute atomic E-state index is 0.0538. The Balaban J connectivity index is 1.74. The molecule has 2 aromatic carbocycles. The molecule has 0 aliphatic heterocycles. The fourth-order valence-corrected chi connectivity index (χ4v) is 3.15. The van der Waals surface area contributed by atoms with Crippen molar-refractivity contribution in [2.45, 2.75) is 19.3 Å². The zero-order valence-corrected chi connectivity index (χ0v) is 17.0. The number of halogens is 3. The van der Waals surface area contributed by atoms with Gasteiger partial charge in [0.1, 0.15) is 5.75 Å². The van der Waals surface area contributed by atoms with E-state index in [1.54, 1.807) is 12.1 Å². The number of amides is 1. The summed E-state index contributed by atoms with van der Waals surface area (Å²) in [6.45, 7) is 2.55. The van der Waals surface area contributed by atoms with E-state index in [4.69, 9.17) is 17.0 Å². The SMILES string of the molecule is C=CCn1c(=S)[nH]c2cc(C(=O)NCc3cccc(OCC(F)(F)F)c3)ccc2c1=O. The molecule has 0 bridgehead atoms. The van der Waals surface area contributed by atoms with Crippen LogP contribution in [0.4, 0.5) is 13.2 Å². The number of alkyl halides is 3. The second-order valence-corrected chi connectivity index (χ2v) is 7.02. The zero-order chi connectivity index (χ0) is 22.6. The van der Waals surface area contributed by atoms with Gasteiger partial charge in [-0.1, -0.05) is 18.2 Å². The van der Waals surface area contributed by atoms with E-state index in [9.17, 15) is 22.8 Å². The molecule has 10 heteroatoms. The van der Waals surface area contributed by atoms with Crippen molar-refractivity contribution in [3.8, 4) is 5.75 Å². The highest BCUT2D eigenvalue weighted by molar-refractivity contribution is 7.71. The lowest BCUT2D eigenvalue weighted by Gasteiger charge is -2.11. The van der Waals surface area contributed by atoms with Crippen LogP contribution in [-0.2, 0) is 13.1 Å². The van der Waals surface area contributed by atoms with Crippen LogP contribution in [0.3, 0.4) is 0 Å². The van der Waals surface area contributed by atoms with Crippen LogP contribution < -0.4 is 15.6 Å². The number of benzene rings is 2. The number of aromatic nitrogens is 2. The molecule has 0 spiro atoms. The number of fused-ring (bicyclic) bond motifs is 1. The summed E-state index contributed by atoms with van der Waals surface area (Å²) in [5, 5.41) is 3.06. The van der Waals surface area contributed by atoms with Gasteiger partial charge in [0.15, 0.2) is 11.4 Å². The molecule has 0 radical (unpaired) electrons. The first kappa shape index (κ1) is 22.3. The Hall–Kier alpha value is -3.40. The van der Waals surface area contributed by atoms with E-state index in [1.807, 2.05) is 0 Å². The van der Waals surface area contributed by atoms with E-state index in [-0.39, 0.29) is 29.2 Å². The summed E-state index contributed by atoms with van der Waals surface area (Å²) in [5.74, 6) is -0.365. The molecule has 0 aliphatic carbocycles. The molecule has 0 fully saturated rings. The normalized spacial score (nSPS) is 11.3. The van der Waals surface area contributed by atoms with Crippen LogP contribution in [0.2, 0.25) is 0 Å². The van der Waals surface area contributed by atoms with E-state index in [2.05, 4.69) is 16.9 Å². The summed E-state index contributed by atoms with van der Waals surface area (Å²) in [5.41, 5.74) is 0.996. The first-order chi connectivity index (χ1) is 14.7. The number of nitrogens with one attached hydrogen (secondary N) is 2. The van der Waals surface area contributed by atoms with Crippen LogP contribution in [0, 0.1) is 4.77 Å². The lowest BCUT2D eigenvalue weighted by atomic mass is 10.1. The number of rotatable bonds is 7. The van der Waals surface area contributed by atoms with Gasteiger partial charge in [-0.2, -0.15) is 13.2 Å². The van der Waals surface area contributed by atoms with E-state index in [0.29, 0.717) is 22.0 Å². The van der Waals surface area contributed by atoms with Crippen molar-refractivity contribution in [3.63, 3.8) is 0 Å². The second kappa shape index (κ2) is 9.17. The number of nitrogens with zero attached hydrogens (tertiary/aromatic N) is 1. The lowest BCUT2D eigenvalue weighted by Crippen LogP contribution is -2.24. The Kier molecular flexibility index (Phi) is 6.59. The summed E-state index contributed by atoms with van der Waals surface area (Å²) in [6, 6.07) is 10.6. The van der Waals surface area contributed by atoms with Crippen molar-refractivity contribution >= 4 is 29.0 Å². The van der Waals surface area contributed by atoms with Gasteiger partial charge in [0.25, 0.3) is 11.5 Å². The van der Waals surface area contributed by atoms with Gasteiger partial charge in [0, 0.05) is 18.7 Å². The number of hydrogen-bond donors (Lipinski definition) is 2. The first-order valence-electron chi connectivity index (χ1n) is 9.12. The Morgan fingerprint density at radius 3 is 2.74 bits per heavy atom. The topological polar surface area (TPSA) is 76.1 Å². The minimum atomic E-state index is -4.43. The van der Waals surface area contributed by atoms with E-state index in [1.165, 1.54) is 41.0 Å². The highest BCUT2D eigenvalue weighted by Gasteiger charge is 2.28. The highest BCUT2D eigenvalue weighted by Crippen LogP contribution is 2.19. The van der Waals surface area contributed by atoms with Crippen molar-refractivity contribution in [1.29, 1.82) is 0 Å². The lowest BCUT2D eigenvalue weighted by molar-refractivity contribution is -0.153. The van der Waals surface area contributed by atoms with Crippen molar-refractivity contribution in [3.05, 3.63) is 81.4 Å². The molecule has 3 aromatic rings. The van der Waals surface area contributed by atoms with Gasteiger partial charge in [0.2, 0.25) is 0 Å². The van der Waals surface area contributed by atoms with Crippen molar-refractivity contribution in [2.24, 2.45) is 0 Å². The quantitative estimate of drug-likeness (QED) is 0.420. The monoisotopic (exact) mass is 449 g/mol. The Bertz CT molecular complexity index is 1250. The van der Waals surface area contributed by atoms with Gasteiger partial charge in [-0.3, -0.25) is 14.2 Å². The molecule has 1 aromatic heterocycles. The number of carbonyl (C=O) groups is 1. The fraction of sp³-hybridized carbons (Fsp3) is 0.190. The second-order valence-electron chi connectivity index (χ2n) is 6.63. The molecule has 0 aliphatic rings. The molecule has 0 atom stereocenters. The summed E-state index contributed by atoms with van der Waals surface area (Å²) in [7, 11) is 0. The first-order valence-corrected chi connectivity index (χ1v) is 9.53. The molecular weight excluding hydrogens is 431 g/mol. The van der Waals surface area contributed by atoms with E-state index < -0.39 is 18.7 Å². The third kappa shape index (κ3) is 5.60. The molecule has 6 nitrogen and oxygen atoms in total. The van der Waals surface area contributed by atoms with Crippen molar-refractivity contribution in [1.82, 2.24) is 14.9 Å². The summed E-state index contributed by atoms with van der Waals surface area (Å²) < 4.78 is 43.1. The van der Waals surface area contributed by atoms with Gasteiger partial charge >= 0.3 is 6.18 Å². The highest BCUT2D eigenvalue weighted by atomic mass is 32.1. The maximum absolute atomic E-state index is 12.5. The fourth-order valence-electron chi connectivity index (χ4n) is 2.89. The molecule has 1 heterocycles. The number of allylic oxidation sites excluding steroid dienone is 1. The molecule has 162 valence electrons. The molecule has 31 heavy (non-hydrogen) atoms. The predicted molar refractivity (Wildman–Crippen MR) is 113 cm³/mol. The van der Waals surface area contributed by atoms with Gasteiger partial charge in [-0.15, -0.1) is 6.58 Å². The molecule has 2 N–H and O–H groups in total. The van der Waals surface area contributed by atoms with Crippen LogP contribution in [0.15, 0.2) is 59.9 Å². The van der Waals surface area contributed by atoms with Gasteiger partial charge < -0.3 is 15.0 Å². The summed E-state index contributed by atoms with van der Waals surface area (Å²) in [4.78, 5) is 28.0. The van der Waals surface area contributed by atoms with Gasteiger partial charge in [0.05, 0.1) is 10.9 Å². The van der Waals surface area contributed by atoms with Crippen LogP contribution in [0.1, 0.15) is 15.9 Å². The number of carbonyl (C=O) groups excluding carboxylic acids is 1. The third-order valence-corrected chi connectivity index (χ3v) is 4.63. The molecule has 0 unspecified atom stereocenters. The average Bonchev–Trinajstić information content (AvgIpc) is 2.73. The van der Waals surface area contributed by atoms with Crippen molar-refractivity contribution in [2.75, 3.05) is 6.61 Å². The van der Waals surface area contributed by atoms with Crippen LogP contribution in [-0.4, -0.2) is 28.2 Å². The summed E-state index contributed by atoms with van der Waals surface area (Å²) in [6.07, 6.45) is -2.88. The van der Waals surface area contributed by atoms with E-state index >= 15 is 0 Å². The number of H-pyrrole nitrogens is 1. The van der Waals surface area contributed by atoms with Gasteiger partial charge in [-0.05, 0) is 48.1 Å². The van der Waals surface area contributed by atoms with Gasteiger partial charge in [-0.25, -0.2) is 0 Å². The number of aromatic amines is 1. The van der Waals surface area contributed by atoms with Crippen LogP contribution in [0.5, 0.6) is 5.75 Å². The van der Waals surface area contributed by atoms with Crippen LogP contribution >= 0.6 is 12.2 Å². The molecule has 0 saturated heterocycles. The molecular formula is C21H18F3N3O3S. The minimum Gasteiger partial charge on any atom is -0.484 e. The number of hydrogen-bond acceptors (Lipinski definition) is 4. The maximum atomic E-state index is 12.5. The molecule has 3 rings (SSSR count).